The van der Waals surface area contributed by atoms with Crippen molar-refractivity contribution in [1.29, 1.82) is 0 Å². The van der Waals surface area contributed by atoms with E-state index in [-0.39, 0.29) is 22.3 Å². The molecule has 1 unspecified atom stereocenters. The number of esters is 16. The van der Waals surface area contributed by atoms with Crippen LogP contribution >= 0.6 is 0 Å². The minimum absolute atomic E-state index is 0.0111. The second kappa shape index (κ2) is 44.9. The molecule has 0 amide bonds. The van der Waals surface area contributed by atoms with Crippen molar-refractivity contribution in [2.75, 3.05) is 33.0 Å². The summed E-state index contributed by atoms with van der Waals surface area (Å²) in [4.78, 5) is 216. The number of carbonyl (C=O) groups is 16. The predicted molar refractivity (Wildman–Crippen MR) is 400 cm³/mol. The molecule has 0 aliphatic carbocycles. The van der Waals surface area contributed by atoms with Gasteiger partial charge in [0.15, 0.2) is 111 Å². The van der Waals surface area contributed by atoms with Crippen molar-refractivity contribution in [2.24, 2.45) is 0 Å². The van der Waals surface area contributed by atoms with Gasteiger partial charge in [-0.3, -0.25) is 57.5 Å². The maximum atomic E-state index is 14.8. The molecule has 1 N–H and O–H groups in total. The van der Waals surface area contributed by atoms with Gasteiger partial charge in [0, 0.05) is 83.1 Å². The van der Waals surface area contributed by atoms with Crippen LogP contribution in [0.25, 0.3) is 0 Å². The highest BCUT2D eigenvalue weighted by Gasteiger charge is 2.62. The van der Waals surface area contributed by atoms with Crippen molar-refractivity contribution in [3.05, 3.63) is 144 Å². The molecule has 672 valence electrons. The van der Waals surface area contributed by atoms with E-state index in [0.717, 1.165) is 83.1 Å². The molecular formula is C82H92O42. The Bertz CT molecular complexity index is 4410. The third-order valence-electron chi connectivity index (χ3n) is 18.5. The third kappa shape index (κ3) is 26.8. The number of aliphatic hydroxyl groups is 1. The topological polar surface area (TPSA) is 524 Å². The Balaban J connectivity index is 1.20. The average Bonchev–Trinajstić information content (AvgIpc) is 0.764. The summed E-state index contributed by atoms with van der Waals surface area (Å²) < 4.78 is 151. The largest absolute Gasteiger partial charge is 0.463 e. The molecule has 0 bridgehead atoms. The molecule has 4 aromatic rings. The summed E-state index contributed by atoms with van der Waals surface area (Å²) in [5.74, 6) is -17.8. The number of rotatable bonds is 33. The highest BCUT2D eigenvalue weighted by Crippen LogP contribution is 2.41. The van der Waals surface area contributed by atoms with Gasteiger partial charge in [0.25, 0.3) is 0 Å². The second-order valence-electron chi connectivity index (χ2n) is 28.1. The van der Waals surface area contributed by atoms with Crippen LogP contribution in [0, 0.1) is 0 Å². The maximum Gasteiger partial charge on any atom is 0.338 e. The highest BCUT2D eigenvalue weighted by atomic mass is 16.8. The van der Waals surface area contributed by atoms with Gasteiger partial charge < -0.3 is 124 Å². The summed E-state index contributed by atoms with van der Waals surface area (Å²) in [6.07, 6.45) is -52.7. The number of hydrogen-bond acceptors (Lipinski definition) is 42. The van der Waals surface area contributed by atoms with E-state index in [1.54, 1.807) is 24.3 Å². The number of aliphatic hydroxyl groups excluding tert-OH is 1. The summed E-state index contributed by atoms with van der Waals surface area (Å²) in [7, 11) is 0. The van der Waals surface area contributed by atoms with Crippen LogP contribution in [0.15, 0.2) is 121 Å². The molecule has 5 aliphatic heterocycles. The van der Waals surface area contributed by atoms with Gasteiger partial charge in [0.2, 0.25) is 0 Å². The zero-order chi connectivity index (χ0) is 90.3. The van der Waals surface area contributed by atoms with Crippen molar-refractivity contribution < 1.29 is 200 Å². The molecule has 124 heavy (non-hydrogen) atoms. The summed E-state index contributed by atoms with van der Waals surface area (Å²) in [5, 5.41) is 12.4. The molecule has 0 radical (unpaired) electrons. The minimum atomic E-state index is -2.50. The predicted octanol–water partition coefficient (Wildman–Crippen LogP) is 2.38. The normalized spacial score (nSPS) is 29.4. The fourth-order valence-corrected chi connectivity index (χ4v) is 13.7. The van der Waals surface area contributed by atoms with Crippen LogP contribution in [0.2, 0.25) is 0 Å². The second-order valence-corrected chi connectivity index (χ2v) is 28.1. The Labute approximate surface area is 706 Å². The molecule has 5 aliphatic rings. The van der Waals surface area contributed by atoms with Gasteiger partial charge in [-0.05, 0) is 48.5 Å². The van der Waals surface area contributed by atoms with E-state index < -0.39 is 282 Å². The van der Waals surface area contributed by atoms with E-state index in [2.05, 4.69) is 0 Å². The summed E-state index contributed by atoms with van der Waals surface area (Å²) in [6, 6.07) is 29.0. The number of carbonyl (C=O) groups excluding carboxylic acids is 16. The summed E-state index contributed by atoms with van der Waals surface area (Å²) in [6.45, 7) is 5.99. The lowest BCUT2D eigenvalue weighted by atomic mass is 9.95. The van der Waals surface area contributed by atoms with Gasteiger partial charge in [-0.2, -0.15) is 0 Å². The third-order valence-corrected chi connectivity index (χ3v) is 18.5. The Morgan fingerprint density at radius 1 is 0.226 bits per heavy atom. The first kappa shape index (κ1) is 95.8. The molecule has 42 heteroatoms. The van der Waals surface area contributed by atoms with Crippen LogP contribution in [0.1, 0.15) is 125 Å². The van der Waals surface area contributed by atoms with Crippen LogP contribution in [0.4, 0.5) is 0 Å². The van der Waals surface area contributed by atoms with E-state index in [1.807, 2.05) is 0 Å². The molecule has 0 aromatic heterocycles. The van der Waals surface area contributed by atoms with Crippen LogP contribution in [-0.4, -0.2) is 287 Å². The Morgan fingerprint density at radius 2 is 0.444 bits per heavy atom. The SMILES string of the molecule is CC(=O)OC[C@@H]1O[C@@H](OC[C@@H]2O[C@@H](OC[C@H]3O[C@@H](O)[C@H](OC(C)=O)[C@H](O[C@H]4O[C@H](COC(=O)c5ccccc5)C(OC(=O)c5ccccc5)[C@H](OC(=O)c5ccccc5)[C@H]4OC(=O)c4ccccc4)[C@@H]3OC(C)=O)[C@@H](OC(C)=O)[C@@H](O[C@@H]3O[C@@H](COC(C)=O)[C@H](OC(C)=O)[C@H](OC(C)=O)[C@@H]3OC(C)=O)[C@H]2OC(C)=O)[C@@H](OC(C)=O)[C@@H](OC(C)=O)[C@H]1OC(C)=O. The van der Waals surface area contributed by atoms with Crippen LogP contribution in [0.5, 0.6) is 0 Å². The first-order valence-electron chi connectivity index (χ1n) is 38.4. The first-order valence-corrected chi connectivity index (χ1v) is 38.4. The van der Waals surface area contributed by atoms with Gasteiger partial charge in [-0.25, -0.2) is 19.2 Å². The molecule has 0 spiro atoms. The molecule has 5 fully saturated rings. The van der Waals surface area contributed by atoms with Crippen molar-refractivity contribution >= 4 is 95.5 Å². The number of benzene rings is 4. The molecule has 9 rings (SSSR count). The van der Waals surface area contributed by atoms with Crippen molar-refractivity contribution in [2.45, 2.75) is 237 Å². The molecule has 42 nitrogen and oxygen atoms in total. The smallest absolute Gasteiger partial charge is 0.338 e. The fraction of sp³-hybridized carbons (Fsp3) is 0.512. The minimum Gasteiger partial charge on any atom is -0.463 e. The molecule has 5 heterocycles. The molecular weight excluding hydrogens is 1660 g/mol. The Kier molecular flexibility index (Phi) is 34.7. The van der Waals surface area contributed by atoms with E-state index >= 15 is 0 Å². The average molecular weight is 1750 g/mol. The fourth-order valence-electron chi connectivity index (χ4n) is 13.7. The maximum absolute atomic E-state index is 14.8. The van der Waals surface area contributed by atoms with E-state index in [0.29, 0.717) is 0 Å². The quantitative estimate of drug-likeness (QED) is 0.0528. The Morgan fingerprint density at radius 3 is 0.782 bits per heavy atom. The van der Waals surface area contributed by atoms with Crippen molar-refractivity contribution in [3.63, 3.8) is 0 Å². The summed E-state index contributed by atoms with van der Waals surface area (Å²) >= 11 is 0. The van der Waals surface area contributed by atoms with Gasteiger partial charge in [-0.1, -0.05) is 72.8 Å². The molecule has 0 saturated carbocycles. The Hall–Kier alpha value is -12.0. The van der Waals surface area contributed by atoms with E-state index in [1.165, 1.54) is 97.1 Å². The number of ether oxygens (including phenoxy) is 25. The van der Waals surface area contributed by atoms with Crippen LogP contribution in [0.3, 0.4) is 0 Å². The summed E-state index contributed by atoms with van der Waals surface area (Å²) in [5.41, 5.74) is -0.413. The lowest BCUT2D eigenvalue weighted by Gasteiger charge is -2.50. The standard InChI is InChI=1S/C82H92O42/c1-38(83)100-33-55-60(106-41(4)86)65(109-44(7)89)70(112-47(10)92)79(116-55)104-37-58-62(108-43(6)88)68(124-81-72(114-49(12)94)66(110-45(8)90)61(107-42(5)87)56(118-81)34-101-39(2)84)71(113-48(11)93)80(117-58)103-36-54-59(105-40(3)85)64(69(78(99)115-54)111-46(9)91)123-82-73(122-77(98)53-31-23-16-24-32-53)67(121-76(97)52-29-21-15-22-30-52)63(120-75(96)51-27-19-14-20-28-51)57(119-82)35-102-74(95)50-25-17-13-18-26-50/h13-32,54-73,78-82,99H,33-37H2,1-12H3/t54-,55+,56+,57-,58+,59-,60+,61+,62+,63?,64-,65+,66+,67+,68+,69-,70+,71+,72+,73-,78-,79-,80-,81+,82-/m1/s1. The van der Waals surface area contributed by atoms with Gasteiger partial charge in [0.05, 0.1) is 35.5 Å². The lowest BCUT2D eigenvalue weighted by molar-refractivity contribution is -0.375. The van der Waals surface area contributed by atoms with E-state index in [9.17, 15) is 81.8 Å². The van der Waals surface area contributed by atoms with Crippen LogP contribution in [-0.2, 0) is 176 Å². The molecule has 4 aromatic carbocycles. The van der Waals surface area contributed by atoms with Crippen LogP contribution < -0.4 is 0 Å². The van der Waals surface area contributed by atoms with Gasteiger partial charge in [0.1, 0.15) is 62.5 Å². The highest BCUT2D eigenvalue weighted by molar-refractivity contribution is 5.92. The zero-order valence-electron chi connectivity index (χ0n) is 68.7. The lowest BCUT2D eigenvalue weighted by Crippen LogP contribution is -2.68. The monoisotopic (exact) mass is 1750 g/mol. The van der Waals surface area contributed by atoms with Crippen molar-refractivity contribution in [1.82, 2.24) is 0 Å². The van der Waals surface area contributed by atoms with E-state index in [4.69, 9.17) is 118 Å². The van der Waals surface area contributed by atoms with Gasteiger partial charge in [-0.15, -0.1) is 0 Å². The number of hydrogen-bond donors (Lipinski definition) is 1. The first-order chi connectivity index (χ1) is 58.9. The molecule has 5 saturated heterocycles. The van der Waals surface area contributed by atoms with Gasteiger partial charge >= 0.3 is 95.5 Å². The van der Waals surface area contributed by atoms with Crippen molar-refractivity contribution in [3.8, 4) is 0 Å². The zero-order valence-corrected chi connectivity index (χ0v) is 68.7. The molecule has 25 atom stereocenters.